The molecular formula is C13H9ClN2O5. The van der Waals surface area contributed by atoms with Crippen LogP contribution in [-0.2, 0) is 11.3 Å². The highest BCUT2D eigenvalue weighted by Crippen LogP contribution is 2.19. The third-order valence-electron chi connectivity index (χ3n) is 2.63. The van der Waals surface area contributed by atoms with E-state index in [0.29, 0.717) is 15.3 Å². The average molecular weight is 309 g/mol. The van der Waals surface area contributed by atoms with Crippen LogP contribution >= 0.6 is 11.6 Å². The fourth-order valence-corrected chi connectivity index (χ4v) is 1.82. The van der Waals surface area contributed by atoms with Crippen LogP contribution in [0.25, 0.3) is 11.3 Å². The van der Waals surface area contributed by atoms with E-state index < -0.39 is 29.6 Å². The summed E-state index contributed by atoms with van der Waals surface area (Å²) in [7, 11) is 0. The molecule has 8 heteroatoms. The first kappa shape index (κ1) is 14.7. The van der Waals surface area contributed by atoms with Crippen LogP contribution < -0.4 is 5.56 Å². The van der Waals surface area contributed by atoms with E-state index in [1.54, 1.807) is 24.3 Å². The quantitative estimate of drug-likeness (QED) is 0.882. The Kier molecular flexibility index (Phi) is 4.04. The van der Waals surface area contributed by atoms with Gasteiger partial charge in [0.05, 0.1) is 5.69 Å². The molecule has 0 aliphatic rings. The summed E-state index contributed by atoms with van der Waals surface area (Å²) in [6, 6.07) is 7.43. The third kappa shape index (κ3) is 3.26. The number of hydrogen-bond donors (Lipinski definition) is 2. The van der Waals surface area contributed by atoms with Gasteiger partial charge < -0.3 is 10.2 Å². The van der Waals surface area contributed by atoms with Gasteiger partial charge in [0.2, 0.25) is 0 Å². The Bertz CT molecular complexity index is 767. The van der Waals surface area contributed by atoms with E-state index in [9.17, 15) is 14.4 Å². The molecule has 0 atom stereocenters. The number of aromatic carboxylic acids is 1. The van der Waals surface area contributed by atoms with Gasteiger partial charge in [-0.15, -0.1) is 0 Å². The van der Waals surface area contributed by atoms with Crippen LogP contribution in [0.1, 0.15) is 10.4 Å². The minimum atomic E-state index is -1.45. The van der Waals surface area contributed by atoms with Gasteiger partial charge in [0.15, 0.2) is 0 Å². The van der Waals surface area contributed by atoms with Crippen molar-refractivity contribution in [3.8, 4) is 11.3 Å². The minimum Gasteiger partial charge on any atom is -0.480 e. The Balaban J connectivity index is 2.63. The smallest absolute Gasteiger partial charge is 0.341 e. The van der Waals surface area contributed by atoms with Crippen molar-refractivity contribution in [1.29, 1.82) is 0 Å². The van der Waals surface area contributed by atoms with Crippen molar-refractivity contribution in [1.82, 2.24) is 9.78 Å². The van der Waals surface area contributed by atoms with Crippen LogP contribution in [0.3, 0.4) is 0 Å². The van der Waals surface area contributed by atoms with Crippen LogP contribution in [0.2, 0.25) is 5.02 Å². The summed E-state index contributed by atoms with van der Waals surface area (Å²) < 4.78 is 0.607. The van der Waals surface area contributed by atoms with Gasteiger partial charge in [0.1, 0.15) is 12.1 Å². The monoisotopic (exact) mass is 308 g/mol. The van der Waals surface area contributed by atoms with Gasteiger partial charge in [-0.3, -0.25) is 9.59 Å². The zero-order chi connectivity index (χ0) is 15.6. The van der Waals surface area contributed by atoms with Crippen molar-refractivity contribution in [3.63, 3.8) is 0 Å². The lowest BCUT2D eigenvalue weighted by atomic mass is 10.1. The summed E-state index contributed by atoms with van der Waals surface area (Å²) in [5.41, 5.74) is -0.829. The molecule has 0 saturated carbocycles. The second-order valence-electron chi connectivity index (χ2n) is 4.11. The van der Waals surface area contributed by atoms with Crippen molar-refractivity contribution < 1.29 is 19.8 Å². The van der Waals surface area contributed by atoms with E-state index in [2.05, 4.69) is 5.10 Å². The Labute approximate surface area is 123 Å². The molecule has 0 unspecified atom stereocenters. The number of nitrogens with zero attached hydrogens (tertiary/aromatic N) is 2. The number of rotatable bonds is 4. The van der Waals surface area contributed by atoms with E-state index >= 15 is 0 Å². The van der Waals surface area contributed by atoms with Crippen LogP contribution in [0, 0.1) is 0 Å². The van der Waals surface area contributed by atoms with Gasteiger partial charge in [0.25, 0.3) is 5.56 Å². The van der Waals surface area contributed by atoms with Crippen molar-refractivity contribution in [2.24, 2.45) is 0 Å². The van der Waals surface area contributed by atoms with Gasteiger partial charge in [-0.05, 0) is 18.2 Å². The molecule has 0 radical (unpaired) electrons. The normalized spacial score (nSPS) is 10.3. The van der Waals surface area contributed by atoms with Crippen molar-refractivity contribution in [2.45, 2.75) is 6.54 Å². The molecule has 0 saturated heterocycles. The summed E-state index contributed by atoms with van der Waals surface area (Å²) in [6.45, 7) is -0.722. The summed E-state index contributed by atoms with van der Waals surface area (Å²) in [5, 5.41) is 22.1. The molecule has 0 aliphatic heterocycles. The molecule has 2 aromatic rings. The number of halogens is 1. The van der Waals surface area contributed by atoms with Gasteiger partial charge >= 0.3 is 11.9 Å². The average Bonchev–Trinajstić information content (AvgIpc) is 2.41. The summed E-state index contributed by atoms with van der Waals surface area (Å²) >= 11 is 5.76. The maximum Gasteiger partial charge on any atom is 0.341 e. The maximum atomic E-state index is 11.8. The van der Waals surface area contributed by atoms with Crippen LogP contribution in [-0.4, -0.2) is 31.9 Å². The van der Waals surface area contributed by atoms with Gasteiger partial charge in [-0.2, -0.15) is 5.10 Å². The predicted octanol–water partition coefficient (Wildman–Crippen LogP) is 1.35. The molecule has 108 valence electrons. The molecule has 2 rings (SSSR count). The molecular weight excluding hydrogens is 300 g/mol. The second-order valence-corrected chi connectivity index (χ2v) is 4.55. The Hall–Kier alpha value is -2.67. The molecule has 0 amide bonds. The second kappa shape index (κ2) is 5.76. The van der Waals surface area contributed by atoms with Crippen LogP contribution in [0.4, 0.5) is 0 Å². The highest BCUT2D eigenvalue weighted by Gasteiger charge is 2.16. The lowest BCUT2D eigenvalue weighted by molar-refractivity contribution is -0.138. The van der Waals surface area contributed by atoms with E-state index in [1.807, 2.05) is 0 Å². The first-order valence-corrected chi connectivity index (χ1v) is 6.09. The Morgan fingerprint density at radius 1 is 1.19 bits per heavy atom. The number of hydrogen-bond acceptors (Lipinski definition) is 4. The van der Waals surface area contributed by atoms with Gasteiger partial charge in [0, 0.05) is 10.6 Å². The molecule has 0 spiro atoms. The zero-order valence-corrected chi connectivity index (χ0v) is 11.2. The minimum absolute atomic E-state index is 0.171. The molecule has 1 aromatic heterocycles. The number of aliphatic carboxylic acids is 1. The fraction of sp³-hybridized carbons (Fsp3) is 0.0769. The van der Waals surface area contributed by atoms with E-state index in [0.717, 1.165) is 6.07 Å². The van der Waals surface area contributed by atoms with Gasteiger partial charge in [-0.1, -0.05) is 23.7 Å². The molecule has 0 aliphatic carbocycles. The SMILES string of the molecule is O=C(O)Cn1nc(-c2ccc(Cl)cc2)cc(C(=O)O)c1=O. The lowest BCUT2D eigenvalue weighted by Crippen LogP contribution is -2.31. The summed E-state index contributed by atoms with van der Waals surface area (Å²) in [5.74, 6) is -2.74. The molecule has 1 aromatic carbocycles. The van der Waals surface area contributed by atoms with Crippen LogP contribution in [0.5, 0.6) is 0 Å². The van der Waals surface area contributed by atoms with Gasteiger partial charge in [-0.25, -0.2) is 9.48 Å². The molecule has 0 bridgehead atoms. The van der Waals surface area contributed by atoms with Crippen LogP contribution in [0.15, 0.2) is 35.1 Å². The third-order valence-corrected chi connectivity index (χ3v) is 2.88. The number of carboxylic acid groups (broad SMARTS) is 2. The largest absolute Gasteiger partial charge is 0.480 e. The van der Waals surface area contributed by atoms with E-state index in [4.69, 9.17) is 21.8 Å². The molecule has 21 heavy (non-hydrogen) atoms. The number of carbonyl (C=O) groups is 2. The highest BCUT2D eigenvalue weighted by molar-refractivity contribution is 6.30. The number of carboxylic acids is 2. The van der Waals surface area contributed by atoms with E-state index in [1.165, 1.54) is 0 Å². The first-order chi connectivity index (χ1) is 9.88. The molecule has 0 fully saturated rings. The lowest BCUT2D eigenvalue weighted by Gasteiger charge is -2.07. The predicted molar refractivity (Wildman–Crippen MR) is 73.5 cm³/mol. The molecule has 7 nitrogen and oxygen atoms in total. The maximum absolute atomic E-state index is 11.8. The zero-order valence-electron chi connectivity index (χ0n) is 10.5. The topological polar surface area (TPSA) is 109 Å². The standard InChI is InChI=1S/C13H9ClN2O5/c14-8-3-1-7(2-4-8)10-5-9(13(20)21)12(19)16(15-10)6-11(17)18/h1-5H,6H2,(H,17,18)(H,20,21). The number of aromatic nitrogens is 2. The first-order valence-electron chi connectivity index (χ1n) is 5.71. The van der Waals surface area contributed by atoms with E-state index in [-0.39, 0.29) is 5.69 Å². The van der Waals surface area contributed by atoms with Crippen molar-refractivity contribution in [2.75, 3.05) is 0 Å². The summed E-state index contributed by atoms with van der Waals surface area (Å²) in [6.07, 6.45) is 0. The summed E-state index contributed by atoms with van der Waals surface area (Å²) in [4.78, 5) is 33.6. The van der Waals surface area contributed by atoms with Crippen molar-refractivity contribution in [3.05, 3.63) is 51.3 Å². The fourth-order valence-electron chi connectivity index (χ4n) is 1.69. The number of benzene rings is 1. The highest BCUT2D eigenvalue weighted by atomic mass is 35.5. The Morgan fingerprint density at radius 3 is 2.33 bits per heavy atom. The molecule has 2 N–H and O–H groups in total. The molecule has 1 heterocycles. The van der Waals surface area contributed by atoms with Crippen molar-refractivity contribution >= 4 is 23.5 Å². The Morgan fingerprint density at radius 2 is 1.81 bits per heavy atom.